The van der Waals surface area contributed by atoms with Gasteiger partial charge < -0.3 is 0 Å². The summed E-state index contributed by atoms with van der Waals surface area (Å²) >= 11 is 0. The zero-order valence-corrected chi connectivity index (χ0v) is 7.53. The van der Waals surface area contributed by atoms with Gasteiger partial charge in [-0.2, -0.15) is 0 Å². The Morgan fingerprint density at radius 3 is 2.57 bits per heavy atom. The van der Waals surface area contributed by atoms with E-state index in [1.54, 1.807) is 0 Å². The van der Waals surface area contributed by atoms with Gasteiger partial charge in [-0.3, -0.25) is 4.79 Å². The monoisotopic (exact) mass is 180 g/mol. The molecule has 0 amide bonds. The van der Waals surface area contributed by atoms with Gasteiger partial charge in [0.25, 0.3) is 0 Å². The molecular formula is C13H8O. The fourth-order valence-electron chi connectivity index (χ4n) is 0.790. The van der Waals surface area contributed by atoms with Gasteiger partial charge in [0, 0.05) is 5.56 Å². The molecule has 1 heteroatoms. The number of benzene rings is 1. The van der Waals surface area contributed by atoms with Gasteiger partial charge in [0.2, 0.25) is 0 Å². The topological polar surface area (TPSA) is 17.1 Å². The van der Waals surface area contributed by atoms with E-state index >= 15 is 0 Å². The highest BCUT2D eigenvalue weighted by Crippen LogP contribution is 1.93. The van der Waals surface area contributed by atoms with Crippen LogP contribution in [0.2, 0.25) is 0 Å². The maximum absolute atomic E-state index is 9.87. The molecule has 1 aromatic carbocycles. The highest BCUT2D eigenvalue weighted by atomic mass is 16.1. The fraction of sp³-hybridized carbons (Fsp3) is 0. The molecule has 0 aliphatic heterocycles. The first-order valence-electron chi connectivity index (χ1n) is 4.10. The fourth-order valence-corrected chi connectivity index (χ4v) is 0.790. The first-order chi connectivity index (χ1) is 6.93. The van der Waals surface area contributed by atoms with E-state index < -0.39 is 0 Å². The van der Waals surface area contributed by atoms with Gasteiger partial charge in [0.15, 0.2) is 0 Å². The Morgan fingerprint density at radius 1 is 1.07 bits per heavy atom. The van der Waals surface area contributed by atoms with Crippen LogP contribution >= 0.6 is 0 Å². The first kappa shape index (κ1) is 9.84. The predicted molar refractivity (Wildman–Crippen MR) is 56.3 cm³/mol. The van der Waals surface area contributed by atoms with Gasteiger partial charge in [0.05, 0.1) is 0 Å². The van der Waals surface area contributed by atoms with Crippen LogP contribution < -0.4 is 0 Å². The second kappa shape index (κ2) is 6.29. The number of hydrogen-bond donors (Lipinski definition) is 0. The van der Waals surface area contributed by atoms with Crippen molar-refractivity contribution in [3.8, 4) is 23.7 Å². The summed E-state index contributed by atoms with van der Waals surface area (Å²) in [6, 6.07) is 9.60. The number of carbonyl (C=O) groups is 1. The molecule has 0 atom stereocenters. The van der Waals surface area contributed by atoms with Crippen LogP contribution in [0.3, 0.4) is 0 Å². The molecule has 0 fully saturated rings. The molecule has 66 valence electrons. The standard InChI is InChI=1S/C13H8O/c14-12-8-3-1-2-5-9-13-10-6-4-7-11-13/h3-4,6-8,10-12H/b8-3+. The van der Waals surface area contributed by atoms with Gasteiger partial charge in [-0.25, -0.2) is 0 Å². The van der Waals surface area contributed by atoms with Crippen molar-refractivity contribution in [2.75, 3.05) is 0 Å². The van der Waals surface area contributed by atoms with Crippen molar-refractivity contribution < 1.29 is 4.79 Å². The van der Waals surface area contributed by atoms with Crippen LogP contribution in [-0.4, -0.2) is 6.29 Å². The predicted octanol–water partition coefficient (Wildman–Crippen LogP) is 1.80. The third-order valence-electron chi connectivity index (χ3n) is 1.37. The van der Waals surface area contributed by atoms with Crippen molar-refractivity contribution in [1.29, 1.82) is 0 Å². The molecule has 0 spiro atoms. The highest BCUT2D eigenvalue weighted by molar-refractivity contribution is 5.65. The van der Waals surface area contributed by atoms with Crippen LogP contribution in [-0.2, 0) is 4.79 Å². The Bertz CT molecular complexity index is 433. The molecular weight excluding hydrogens is 172 g/mol. The summed E-state index contributed by atoms with van der Waals surface area (Å²) in [4.78, 5) is 9.87. The summed E-state index contributed by atoms with van der Waals surface area (Å²) in [5.41, 5.74) is 0.932. The molecule has 0 bridgehead atoms. The maximum Gasteiger partial charge on any atom is 0.143 e. The van der Waals surface area contributed by atoms with E-state index in [9.17, 15) is 4.79 Å². The second-order valence-corrected chi connectivity index (χ2v) is 2.38. The summed E-state index contributed by atoms with van der Waals surface area (Å²) in [6.07, 6.45) is 3.48. The molecule has 1 rings (SSSR count). The van der Waals surface area contributed by atoms with Crippen LogP contribution in [0.1, 0.15) is 5.56 Å². The number of carbonyl (C=O) groups excluding carboxylic acids is 1. The van der Waals surface area contributed by atoms with Crippen molar-refractivity contribution in [2.24, 2.45) is 0 Å². The van der Waals surface area contributed by atoms with E-state index in [1.807, 2.05) is 30.3 Å². The quantitative estimate of drug-likeness (QED) is 0.366. The molecule has 0 saturated carbocycles. The SMILES string of the molecule is O=C/C=C/C#CC#Cc1ccccc1. The second-order valence-electron chi connectivity index (χ2n) is 2.38. The van der Waals surface area contributed by atoms with E-state index in [0.29, 0.717) is 6.29 Å². The normalized spacial score (nSPS) is 8.29. The molecule has 0 radical (unpaired) electrons. The van der Waals surface area contributed by atoms with Crippen LogP contribution in [0.25, 0.3) is 0 Å². The minimum atomic E-state index is 0.680. The number of hydrogen-bond acceptors (Lipinski definition) is 1. The lowest BCUT2D eigenvalue weighted by Crippen LogP contribution is -1.68. The molecule has 0 aliphatic rings. The molecule has 1 nitrogen and oxygen atoms in total. The summed E-state index contributed by atoms with van der Waals surface area (Å²) in [6.45, 7) is 0. The number of rotatable bonds is 1. The Kier molecular flexibility index (Phi) is 4.42. The van der Waals surface area contributed by atoms with Crippen molar-refractivity contribution in [1.82, 2.24) is 0 Å². The van der Waals surface area contributed by atoms with Gasteiger partial charge in [-0.05, 0) is 36.1 Å². The average Bonchev–Trinajstić information content (AvgIpc) is 2.25. The summed E-state index contributed by atoms with van der Waals surface area (Å²) in [5, 5.41) is 0. The molecule has 14 heavy (non-hydrogen) atoms. The van der Waals surface area contributed by atoms with Crippen LogP contribution in [0.4, 0.5) is 0 Å². The van der Waals surface area contributed by atoms with Gasteiger partial charge in [-0.1, -0.05) is 30.0 Å². The third-order valence-corrected chi connectivity index (χ3v) is 1.37. The lowest BCUT2D eigenvalue weighted by Gasteiger charge is -1.83. The number of aldehydes is 1. The Balaban J connectivity index is 2.60. The minimum Gasteiger partial charge on any atom is -0.299 e. The van der Waals surface area contributed by atoms with E-state index in [1.165, 1.54) is 12.2 Å². The maximum atomic E-state index is 9.87. The van der Waals surface area contributed by atoms with Gasteiger partial charge >= 0.3 is 0 Å². The number of allylic oxidation sites excluding steroid dienone is 2. The van der Waals surface area contributed by atoms with Crippen LogP contribution in [0, 0.1) is 23.7 Å². The summed E-state index contributed by atoms with van der Waals surface area (Å²) in [7, 11) is 0. The summed E-state index contributed by atoms with van der Waals surface area (Å²) < 4.78 is 0. The molecule has 0 heterocycles. The highest BCUT2D eigenvalue weighted by Gasteiger charge is 1.78. The smallest absolute Gasteiger partial charge is 0.143 e. The van der Waals surface area contributed by atoms with Crippen LogP contribution in [0.5, 0.6) is 0 Å². The molecule has 0 N–H and O–H groups in total. The Morgan fingerprint density at radius 2 is 1.86 bits per heavy atom. The Hall–Kier alpha value is -2.25. The van der Waals surface area contributed by atoms with Crippen molar-refractivity contribution >= 4 is 6.29 Å². The Labute approximate surface area is 83.5 Å². The van der Waals surface area contributed by atoms with Crippen molar-refractivity contribution in [2.45, 2.75) is 0 Å². The van der Waals surface area contributed by atoms with Crippen molar-refractivity contribution in [3.05, 3.63) is 48.0 Å². The average molecular weight is 180 g/mol. The van der Waals surface area contributed by atoms with Gasteiger partial charge in [-0.15, -0.1) is 0 Å². The van der Waals surface area contributed by atoms with E-state index in [2.05, 4.69) is 23.7 Å². The lowest BCUT2D eigenvalue weighted by molar-refractivity contribution is -0.104. The van der Waals surface area contributed by atoms with Gasteiger partial charge in [0.1, 0.15) is 6.29 Å². The zero-order valence-electron chi connectivity index (χ0n) is 7.53. The molecule has 1 aromatic rings. The minimum absolute atomic E-state index is 0.680. The first-order valence-corrected chi connectivity index (χ1v) is 4.10. The third kappa shape index (κ3) is 3.95. The molecule has 0 unspecified atom stereocenters. The molecule has 0 saturated heterocycles. The van der Waals surface area contributed by atoms with Crippen LogP contribution in [0.15, 0.2) is 42.5 Å². The molecule has 0 aliphatic carbocycles. The largest absolute Gasteiger partial charge is 0.299 e. The summed E-state index contributed by atoms with van der Waals surface area (Å²) in [5.74, 6) is 10.8. The van der Waals surface area contributed by atoms with E-state index in [-0.39, 0.29) is 0 Å². The van der Waals surface area contributed by atoms with E-state index in [0.717, 1.165) is 5.56 Å². The molecule has 0 aromatic heterocycles. The zero-order chi connectivity index (χ0) is 10.1. The van der Waals surface area contributed by atoms with Crippen molar-refractivity contribution in [3.63, 3.8) is 0 Å². The lowest BCUT2D eigenvalue weighted by atomic mass is 10.2. The van der Waals surface area contributed by atoms with E-state index in [4.69, 9.17) is 0 Å².